The Labute approximate surface area is 91.4 Å². The molecule has 16 heavy (non-hydrogen) atoms. The normalized spacial score (nSPS) is 18.4. The molecule has 1 aromatic carbocycles. The minimum Gasteiger partial charge on any atom is -0.485 e. The SMILES string of the molecule is Nc1n[nH]c([C@H]2COc3ccccc3O2)n1. The van der Waals surface area contributed by atoms with Gasteiger partial charge in [-0.25, -0.2) is 0 Å². The number of ether oxygens (including phenoxy) is 2. The maximum atomic E-state index is 5.72. The molecular formula is C10H10N4O2. The third-order valence-corrected chi connectivity index (χ3v) is 2.33. The Morgan fingerprint density at radius 2 is 2.12 bits per heavy atom. The van der Waals surface area contributed by atoms with Gasteiger partial charge in [-0.05, 0) is 12.1 Å². The van der Waals surface area contributed by atoms with Crippen molar-refractivity contribution in [3.8, 4) is 11.5 Å². The van der Waals surface area contributed by atoms with Crippen LogP contribution in [0.2, 0.25) is 0 Å². The molecule has 0 amide bonds. The highest BCUT2D eigenvalue weighted by molar-refractivity contribution is 5.41. The van der Waals surface area contributed by atoms with Gasteiger partial charge in [0.25, 0.3) is 0 Å². The van der Waals surface area contributed by atoms with Crippen molar-refractivity contribution in [1.29, 1.82) is 0 Å². The van der Waals surface area contributed by atoms with E-state index in [1.54, 1.807) is 0 Å². The number of anilines is 1. The van der Waals surface area contributed by atoms with Gasteiger partial charge in [0, 0.05) is 0 Å². The van der Waals surface area contributed by atoms with Crippen LogP contribution in [0.5, 0.6) is 11.5 Å². The molecule has 0 aliphatic carbocycles. The molecule has 0 saturated carbocycles. The fourth-order valence-corrected chi connectivity index (χ4v) is 1.59. The van der Waals surface area contributed by atoms with Crippen LogP contribution in [0.3, 0.4) is 0 Å². The third kappa shape index (κ3) is 1.44. The maximum absolute atomic E-state index is 5.72. The molecule has 1 aromatic heterocycles. The van der Waals surface area contributed by atoms with E-state index in [-0.39, 0.29) is 12.1 Å². The second-order valence-corrected chi connectivity index (χ2v) is 3.44. The van der Waals surface area contributed by atoms with E-state index in [0.717, 1.165) is 5.75 Å². The summed E-state index contributed by atoms with van der Waals surface area (Å²) in [5, 5.41) is 6.47. The largest absolute Gasteiger partial charge is 0.485 e. The molecule has 6 nitrogen and oxygen atoms in total. The summed E-state index contributed by atoms with van der Waals surface area (Å²) in [5.41, 5.74) is 5.43. The molecule has 0 spiro atoms. The first-order chi connectivity index (χ1) is 7.83. The molecule has 2 heterocycles. The zero-order valence-electron chi connectivity index (χ0n) is 8.38. The smallest absolute Gasteiger partial charge is 0.239 e. The second-order valence-electron chi connectivity index (χ2n) is 3.44. The number of nitrogen functional groups attached to an aromatic ring is 1. The van der Waals surface area contributed by atoms with Crippen molar-refractivity contribution >= 4 is 5.95 Å². The lowest BCUT2D eigenvalue weighted by Crippen LogP contribution is -2.22. The highest BCUT2D eigenvalue weighted by atomic mass is 16.6. The van der Waals surface area contributed by atoms with E-state index in [1.165, 1.54) is 0 Å². The predicted octanol–water partition coefficient (Wildman–Crippen LogP) is 0.899. The fraction of sp³-hybridized carbons (Fsp3) is 0.200. The molecule has 3 rings (SSSR count). The average molecular weight is 218 g/mol. The standard InChI is InChI=1S/C10H10N4O2/c11-10-12-9(13-14-10)8-5-15-6-3-1-2-4-7(6)16-8/h1-4,8H,5H2,(H3,11,12,13,14)/t8-/m1/s1. The van der Waals surface area contributed by atoms with Crippen molar-refractivity contribution in [2.75, 3.05) is 12.3 Å². The highest BCUT2D eigenvalue weighted by Gasteiger charge is 2.24. The number of rotatable bonds is 1. The molecule has 0 saturated heterocycles. The molecule has 2 aromatic rings. The van der Waals surface area contributed by atoms with Gasteiger partial charge >= 0.3 is 0 Å². The Kier molecular flexibility index (Phi) is 1.92. The molecular weight excluding hydrogens is 208 g/mol. The van der Waals surface area contributed by atoms with Gasteiger partial charge in [0.1, 0.15) is 6.61 Å². The van der Waals surface area contributed by atoms with E-state index < -0.39 is 0 Å². The zero-order valence-corrected chi connectivity index (χ0v) is 8.38. The molecule has 0 radical (unpaired) electrons. The quantitative estimate of drug-likeness (QED) is 0.742. The molecule has 0 unspecified atom stereocenters. The number of nitrogens with zero attached hydrogens (tertiary/aromatic N) is 2. The van der Waals surface area contributed by atoms with Gasteiger partial charge in [-0.1, -0.05) is 12.1 Å². The number of para-hydroxylation sites is 2. The summed E-state index contributed by atoms with van der Waals surface area (Å²) in [6.07, 6.45) is -0.292. The van der Waals surface area contributed by atoms with E-state index in [9.17, 15) is 0 Å². The van der Waals surface area contributed by atoms with E-state index in [0.29, 0.717) is 18.2 Å². The summed E-state index contributed by atoms with van der Waals surface area (Å²) in [6.45, 7) is 0.394. The second kappa shape index (κ2) is 3.41. The molecule has 1 aliphatic rings. The third-order valence-electron chi connectivity index (χ3n) is 2.33. The van der Waals surface area contributed by atoms with Crippen molar-refractivity contribution in [1.82, 2.24) is 15.2 Å². The number of H-pyrrole nitrogens is 1. The van der Waals surface area contributed by atoms with Crippen LogP contribution in [-0.2, 0) is 0 Å². The molecule has 0 fully saturated rings. The molecule has 1 aliphatic heterocycles. The fourth-order valence-electron chi connectivity index (χ4n) is 1.59. The van der Waals surface area contributed by atoms with Gasteiger partial charge in [0.2, 0.25) is 5.95 Å². The van der Waals surface area contributed by atoms with Crippen molar-refractivity contribution in [3.05, 3.63) is 30.1 Å². The van der Waals surface area contributed by atoms with E-state index in [4.69, 9.17) is 15.2 Å². The van der Waals surface area contributed by atoms with Crippen LogP contribution in [0, 0.1) is 0 Å². The van der Waals surface area contributed by atoms with Crippen LogP contribution in [0.25, 0.3) is 0 Å². The number of hydrogen-bond donors (Lipinski definition) is 2. The summed E-state index contributed by atoms with van der Waals surface area (Å²) in [7, 11) is 0. The predicted molar refractivity (Wildman–Crippen MR) is 56.1 cm³/mol. The number of fused-ring (bicyclic) bond motifs is 1. The minimum atomic E-state index is -0.292. The Balaban J connectivity index is 1.88. The molecule has 82 valence electrons. The lowest BCUT2D eigenvalue weighted by molar-refractivity contribution is 0.0854. The van der Waals surface area contributed by atoms with Crippen molar-refractivity contribution in [2.45, 2.75) is 6.10 Å². The number of aromatic amines is 1. The van der Waals surface area contributed by atoms with Crippen molar-refractivity contribution in [3.63, 3.8) is 0 Å². The van der Waals surface area contributed by atoms with Crippen molar-refractivity contribution < 1.29 is 9.47 Å². The maximum Gasteiger partial charge on any atom is 0.239 e. The Morgan fingerprint density at radius 3 is 2.88 bits per heavy atom. The van der Waals surface area contributed by atoms with Gasteiger partial charge in [0.15, 0.2) is 23.4 Å². The molecule has 1 atom stereocenters. The Hall–Kier alpha value is -2.24. The topological polar surface area (TPSA) is 86.0 Å². The van der Waals surface area contributed by atoms with Crippen molar-refractivity contribution in [2.24, 2.45) is 0 Å². The van der Waals surface area contributed by atoms with Crippen LogP contribution in [0.1, 0.15) is 11.9 Å². The summed E-state index contributed by atoms with van der Waals surface area (Å²) >= 11 is 0. The van der Waals surface area contributed by atoms with Crippen LogP contribution in [0.15, 0.2) is 24.3 Å². The van der Waals surface area contributed by atoms with Crippen LogP contribution >= 0.6 is 0 Å². The van der Waals surface area contributed by atoms with E-state index in [2.05, 4.69) is 15.2 Å². The van der Waals surface area contributed by atoms with Crippen LogP contribution < -0.4 is 15.2 Å². The summed E-state index contributed by atoms with van der Waals surface area (Å²) in [5.74, 6) is 2.23. The lowest BCUT2D eigenvalue weighted by atomic mass is 10.2. The van der Waals surface area contributed by atoms with Gasteiger partial charge in [-0.15, -0.1) is 5.10 Å². The van der Waals surface area contributed by atoms with E-state index in [1.807, 2.05) is 24.3 Å². The molecule has 6 heteroatoms. The zero-order chi connectivity index (χ0) is 11.0. The van der Waals surface area contributed by atoms with Gasteiger partial charge < -0.3 is 15.2 Å². The number of aromatic nitrogens is 3. The van der Waals surface area contributed by atoms with Gasteiger partial charge in [0.05, 0.1) is 0 Å². The highest BCUT2D eigenvalue weighted by Crippen LogP contribution is 2.34. The monoisotopic (exact) mass is 218 g/mol. The van der Waals surface area contributed by atoms with E-state index >= 15 is 0 Å². The molecule has 0 bridgehead atoms. The first-order valence-electron chi connectivity index (χ1n) is 4.89. The van der Waals surface area contributed by atoms with Gasteiger partial charge in [-0.3, -0.25) is 5.10 Å². The van der Waals surface area contributed by atoms with Crippen LogP contribution in [-0.4, -0.2) is 21.8 Å². The lowest BCUT2D eigenvalue weighted by Gasteiger charge is -2.24. The number of nitrogens with one attached hydrogen (secondary N) is 1. The Bertz CT molecular complexity index is 511. The number of benzene rings is 1. The average Bonchev–Trinajstić information content (AvgIpc) is 2.75. The summed E-state index contributed by atoms with van der Waals surface area (Å²) in [4.78, 5) is 4.01. The first-order valence-corrected chi connectivity index (χ1v) is 4.89. The Morgan fingerprint density at radius 1 is 1.31 bits per heavy atom. The number of hydrogen-bond acceptors (Lipinski definition) is 5. The molecule has 3 N–H and O–H groups in total. The summed E-state index contributed by atoms with van der Waals surface area (Å²) < 4.78 is 11.3. The van der Waals surface area contributed by atoms with Crippen LogP contribution in [0.4, 0.5) is 5.95 Å². The first kappa shape index (κ1) is 9.02. The minimum absolute atomic E-state index is 0.206. The van der Waals surface area contributed by atoms with Gasteiger partial charge in [-0.2, -0.15) is 4.98 Å². The summed E-state index contributed by atoms with van der Waals surface area (Å²) in [6, 6.07) is 7.50. The number of nitrogens with two attached hydrogens (primary N) is 1.